The molecule has 0 radical (unpaired) electrons. The highest BCUT2D eigenvalue weighted by Gasteiger charge is 2.14. The highest BCUT2D eigenvalue weighted by molar-refractivity contribution is 6.32. The van der Waals surface area contributed by atoms with E-state index in [1.54, 1.807) is 0 Å². The molecule has 0 atom stereocenters. The molecule has 0 heterocycles. The van der Waals surface area contributed by atoms with Gasteiger partial charge in [0.15, 0.2) is 0 Å². The Bertz CT molecular complexity index is 736. The van der Waals surface area contributed by atoms with Crippen LogP contribution in [0.2, 0.25) is 5.02 Å². The van der Waals surface area contributed by atoms with Crippen molar-refractivity contribution in [3.05, 3.63) is 47.0 Å². The number of rotatable bonds is 6. The molecule has 2 rings (SSSR count). The number of hydrogen-bond donors (Lipinski definition) is 2. The van der Waals surface area contributed by atoms with Crippen molar-refractivity contribution in [1.82, 2.24) is 0 Å². The lowest BCUT2D eigenvalue weighted by atomic mass is 10.2. The second-order valence-corrected chi connectivity index (χ2v) is 5.09. The third-order valence-electron chi connectivity index (χ3n) is 3.14. The summed E-state index contributed by atoms with van der Waals surface area (Å²) in [5.41, 5.74) is -0.0483. The topological polar surface area (TPSA) is 59.6 Å². The molecular weight excluding hydrogens is 342 g/mol. The Morgan fingerprint density at radius 3 is 2.33 bits per heavy atom. The van der Waals surface area contributed by atoms with Crippen LogP contribution in [0.5, 0.6) is 11.5 Å². The molecule has 0 saturated carbocycles. The van der Waals surface area contributed by atoms with Gasteiger partial charge in [-0.2, -0.15) is 0 Å². The van der Waals surface area contributed by atoms with Crippen molar-refractivity contribution < 1.29 is 23.0 Å². The summed E-state index contributed by atoms with van der Waals surface area (Å²) in [4.78, 5) is 12.0. The number of benzene rings is 2. The number of carbonyl (C=O) groups is 1. The number of nitrogens with one attached hydrogen (secondary N) is 2. The van der Waals surface area contributed by atoms with E-state index in [2.05, 4.69) is 10.6 Å². The number of methoxy groups -OCH3 is 2. The van der Waals surface area contributed by atoms with Crippen molar-refractivity contribution in [2.24, 2.45) is 0 Å². The average Bonchev–Trinajstić information content (AvgIpc) is 2.55. The van der Waals surface area contributed by atoms with Crippen LogP contribution in [-0.4, -0.2) is 26.7 Å². The number of amides is 1. The molecule has 128 valence electrons. The second-order valence-electron chi connectivity index (χ2n) is 4.69. The van der Waals surface area contributed by atoms with E-state index in [1.807, 2.05) is 0 Å². The maximum absolute atomic E-state index is 13.5. The van der Waals surface area contributed by atoms with Crippen LogP contribution in [0.4, 0.5) is 20.2 Å². The van der Waals surface area contributed by atoms with Crippen LogP contribution in [0.25, 0.3) is 0 Å². The van der Waals surface area contributed by atoms with Gasteiger partial charge in [-0.25, -0.2) is 8.78 Å². The molecule has 0 aliphatic rings. The summed E-state index contributed by atoms with van der Waals surface area (Å²) < 4.78 is 37.2. The van der Waals surface area contributed by atoms with Crippen molar-refractivity contribution in [3.63, 3.8) is 0 Å². The number of hydrogen-bond acceptors (Lipinski definition) is 4. The zero-order valence-electron chi connectivity index (χ0n) is 13.0. The summed E-state index contributed by atoms with van der Waals surface area (Å²) in [5.74, 6) is -1.42. The zero-order chi connectivity index (χ0) is 17.7. The molecule has 8 heteroatoms. The Morgan fingerprint density at radius 1 is 1.12 bits per heavy atom. The van der Waals surface area contributed by atoms with Crippen LogP contribution < -0.4 is 20.1 Å². The molecule has 2 aromatic carbocycles. The van der Waals surface area contributed by atoms with Gasteiger partial charge in [0.2, 0.25) is 5.91 Å². The molecule has 0 aromatic heterocycles. The fourth-order valence-electron chi connectivity index (χ4n) is 1.99. The van der Waals surface area contributed by atoms with Crippen molar-refractivity contribution in [3.8, 4) is 11.5 Å². The van der Waals surface area contributed by atoms with Crippen LogP contribution in [-0.2, 0) is 4.79 Å². The summed E-state index contributed by atoms with van der Waals surface area (Å²) in [6.45, 7) is -0.341. The van der Waals surface area contributed by atoms with Crippen LogP contribution in [0.3, 0.4) is 0 Å². The van der Waals surface area contributed by atoms with Gasteiger partial charge in [-0.1, -0.05) is 17.7 Å². The van der Waals surface area contributed by atoms with Crippen molar-refractivity contribution in [1.29, 1.82) is 0 Å². The lowest BCUT2D eigenvalue weighted by Crippen LogP contribution is -2.23. The lowest BCUT2D eigenvalue weighted by Gasteiger charge is -2.14. The first-order chi connectivity index (χ1) is 11.5. The van der Waals surface area contributed by atoms with Crippen LogP contribution >= 0.6 is 11.6 Å². The van der Waals surface area contributed by atoms with Gasteiger partial charge < -0.3 is 20.1 Å². The van der Waals surface area contributed by atoms with Gasteiger partial charge >= 0.3 is 0 Å². The molecule has 5 nitrogen and oxygen atoms in total. The molecule has 0 bridgehead atoms. The number of carbonyl (C=O) groups excluding carboxylic acids is 1. The van der Waals surface area contributed by atoms with E-state index in [-0.39, 0.29) is 12.2 Å². The summed E-state index contributed by atoms with van der Waals surface area (Å²) in [6, 6.07) is 6.40. The molecule has 0 aliphatic heterocycles. The van der Waals surface area contributed by atoms with Crippen molar-refractivity contribution in [2.75, 3.05) is 31.4 Å². The fraction of sp³-hybridized carbons (Fsp3) is 0.188. The Balaban J connectivity index is 2.10. The quantitative estimate of drug-likeness (QED) is 0.828. The molecule has 0 fully saturated rings. The SMILES string of the molecule is COc1cc(NC(=O)CNc2c(F)cccc2F)c(OC)cc1Cl. The fourth-order valence-corrected chi connectivity index (χ4v) is 2.22. The maximum Gasteiger partial charge on any atom is 0.243 e. The zero-order valence-corrected chi connectivity index (χ0v) is 13.7. The van der Waals surface area contributed by atoms with E-state index >= 15 is 0 Å². The Morgan fingerprint density at radius 2 is 1.75 bits per heavy atom. The van der Waals surface area contributed by atoms with Gasteiger partial charge in [-0.05, 0) is 12.1 Å². The predicted molar refractivity (Wildman–Crippen MR) is 88.0 cm³/mol. The van der Waals surface area contributed by atoms with Gasteiger partial charge in [0.1, 0.15) is 28.8 Å². The van der Waals surface area contributed by atoms with E-state index in [9.17, 15) is 13.6 Å². The normalized spacial score (nSPS) is 10.2. The molecule has 1 amide bonds. The Labute approximate surface area is 142 Å². The minimum Gasteiger partial charge on any atom is -0.495 e. The van der Waals surface area contributed by atoms with E-state index in [4.69, 9.17) is 21.1 Å². The van der Waals surface area contributed by atoms with Crippen LogP contribution in [0.15, 0.2) is 30.3 Å². The maximum atomic E-state index is 13.5. The molecular formula is C16H15ClF2N2O3. The molecule has 0 aliphatic carbocycles. The molecule has 0 saturated heterocycles. The summed E-state index contributed by atoms with van der Waals surface area (Å²) >= 11 is 5.98. The van der Waals surface area contributed by atoms with Gasteiger partial charge in [0.25, 0.3) is 0 Å². The number of ether oxygens (including phenoxy) is 2. The standard InChI is InChI=1S/C16H15ClF2N2O3/c1-23-13-7-12(14(24-2)6-9(13)17)21-15(22)8-20-16-10(18)4-3-5-11(16)19/h3-7,20H,8H2,1-2H3,(H,21,22). The summed E-state index contributed by atoms with van der Waals surface area (Å²) in [6.07, 6.45) is 0. The van der Waals surface area contributed by atoms with Gasteiger partial charge in [0.05, 0.1) is 31.5 Å². The summed E-state index contributed by atoms with van der Waals surface area (Å²) in [5, 5.41) is 5.30. The predicted octanol–water partition coefficient (Wildman–Crippen LogP) is 3.69. The first-order valence-corrected chi connectivity index (χ1v) is 7.23. The van der Waals surface area contributed by atoms with Gasteiger partial charge in [0, 0.05) is 12.1 Å². The monoisotopic (exact) mass is 356 g/mol. The van der Waals surface area contributed by atoms with E-state index in [0.29, 0.717) is 22.2 Å². The molecule has 0 spiro atoms. The van der Waals surface area contributed by atoms with Crippen LogP contribution in [0.1, 0.15) is 0 Å². The number of para-hydroxylation sites is 1. The molecule has 2 aromatic rings. The molecule has 24 heavy (non-hydrogen) atoms. The number of halogens is 3. The van der Waals surface area contributed by atoms with Gasteiger partial charge in [-0.3, -0.25) is 4.79 Å². The highest BCUT2D eigenvalue weighted by atomic mass is 35.5. The lowest BCUT2D eigenvalue weighted by molar-refractivity contribution is -0.114. The third kappa shape index (κ3) is 4.05. The Kier molecular flexibility index (Phi) is 5.81. The largest absolute Gasteiger partial charge is 0.495 e. The minimum absolute atomic E-state index is 0.318. The highest BCUT2D eigenvalue weighted by Crippen LogP contribution is 2.35. The number of anilines is 2. The second kappa shape index (κ2) is 7.83. The Hall–Kier alpha value is -2.54. The molecule has 2 N–H and O–H groups in total. The van der Waals surface area contributed by atoms with Crippen LogP contribution in [0, 0.1) is 11.6 Å². The van der Waals surface area contributed by atoms with Crippen molar-refractivity contribution in [2.45, 2.75) is 0 Å². The smallest absolute Gasteiger partial charge is 0.243 e. The van der Waals surface area contributed by atoms with E-state index in [0.717, 1.165) is 12.1 Å². The summed E-state index contributed by atoms with van der Waals surface area (Å²) in [7, 11) is 2.85. The van der Waals surface area contributed by atoms with Gasteiger partial charge in [-0.15, -0.1) is 0 Å². The first kappa shape index (κ1) is 17.8. The molecule has 0 unspecified atom stereocenters. The minimum atomic E-state index is -0.784. The average molecular weight is 357 g/mol. The van der Waals surface area contributed by atoms with Crippen molar-refractivity contribution >= 4 is 28.9 Å². The first-order valence-electron chi connectivity index (χ1n) is 6.85. The van der Waals surface area contributed by atoms with E-state index in [1.165, 1.54) is 32.4 Å². The third-order valence-corrected chi connectivity index (χ3v) is 3.43. The van der Waals surface area contributed by atoms with E-state index < -0.39 is 17.5 Å².